The zero-order valence-corrected chi connectivity index (χ0v) is 19.0. The Labute approximate surface area is 198 Å². The van der Waals surface area contributed by atoms with Gasteiger partial charge in [0.2, 0.25) is 5.91 Å². The molecule has 8 nitrogen and oxygen atoms in total. The first kappa shape index (κ1) is 23.1. The lowest BCUT2D eigenvalue weighted by Gasteiger charge is -2.28. The maximum Gasteiger partial charge on any atom is 0.254 e. The Kier molecular flexibility index (Phi) is 6.96. The van der Waals surface area contributed by atoms with Gasteiger partial charge in [0.1, 0.15) is 28.6 Å². The summed E-state index contributed by atoms with van der Waals surface area (Å²) in [5, 5.41) is 4.73. The molecule has 8 heteroatoms. The van der Waals surface area contributed by atoms with E-state index in [1.807, 2.05) is 54.6 Å². The van der Waals surface area contributed by atoms with Gasteiger partial charge in [-0.1, -0.05) is 24.8 Å². The van der Waals surface area contributed by atoms with Crippen LogP contribution in [0, 0.1) is 0 Å². The number of benzene rings is 2. The van der Waals surface area contributed by atoms with E-state index in [0.717, 1.165) is 25.0 Å². The van der Waals surface area contributed by atoms with Crippen molar-refractivity contribution in [2.24, 2.45) is 5.73 Å². The lowest BCUT2D eigenvalue weighted by atomic mass is 10.0. The van der Waals surface area contributed by atoms with Gasteiger partial charge in [-0.05, 0) is 68.2 Å². The first-order valence-corrected chi connectivity index (χ1v) is 11.4. The standard InChI is InChI=1S/C26H29N5O3/c1-2-22(32)30-16-7-6-8-19(15-17-30)31-25(27)23(26(28)33)24(29-31)18-11-13-21(14-12-18)34-20-9-4-3-5-10-20/h2-5,9-14,19H,1,6-8,15-17,27H2,(H2,28,33)/t19-/m0/s1. The third-order valence-corrected chi connectivity index (χ3v) is 6.08. The number of nitrogen functional groups attached to an aromatic ring is 1. The number of para-hydroxylation sites is 1. The number of nitrogens with zero attached hydrogens (tertiary/aromatic N) is 3. The minimum Gasteiger partial charge on any atom is -0.457 e. The molecule has 1 aliphatic heterocycles. The number of likely N-dealkylation sites (tertiary alicyclic amines) is 1. The SMILES string of the molecule is C=CC(=O)N1CCCC[C@H](n2nc(-c3ccc(Oc4ccccc4)cc3)c(C(N)=O)c2N)CC1. The number of primary amides is 1. The summed E-state index contributed by atoms with van der Waals surface area (Å²) in [6.45, 7) is 4.87. The molecule has 0 bridgehead atoms. The van der Waals surface area contributed by atoms with Crippen molar-refractivity contribution in [3.8, 4) is 22.8 Å². The number of amides is 2. The Morgan fingerprint density at radius 1 is 1.00 bits per heavy atom. The first-order chi connectivity index (χ1) is 16.5. The van der Waals surface area contributed by atoms with E-state index < -0.39 is 5.91 Å². The number of rotatable bonds is 6. The molecule has 0 spiro atoms. The molecule has 0 radical (unpaired) electrons. The molecule has 0 unspecified atom stereocenters. The Bertz CT molecular complexity index is 1170. The molecule has 2 aromatic carbocycles. The van der Waals surface area contributed by atoms with Crippen LogP contribution in [0.4, 0.5) is 5.82 Å². The second-order valence-electron chi connectivity index (χ2n) is 8.32. The van der Waals surface area contributed by atoms with Crippen LogP contribution in [-0.2, 0) is 4.79 Å². The van der Waals surface area contributed by atoms with E-state index in [0.29, 0.717) is 36.5 Å². The predicted octanol–water partition coefficient (Wildman–Crippen LogP) is 4.15. The molecule has 1 saturated heterocycles. The Hall–Kier alpha value is -4.07. The van der Waals surface area contributed by atoms with Crippen molar-refractivity contribution in [3.63, 3.8) is 0 Å². The highest BCUT2D eigenvalue weighted by Gasteiger charge is 2.27. The number of aromatic nitrogens is 2. The quantitative estimate of drug-likeness (QED) is 0.537. The maximum absolute atomic E-state index is 12.3. The van der Waals surface area contributed by atoms with Crippen molar-refractivity contribution in [2.45, 2.75) is 31.7 Å². The van der Waals surface area contributed by atoms with Crippen molar-refractivity contribution in [1.82, 2.24) is 14.7 Å². The minimum absolute atomic E-state index is 0.0482. The molecule has 1 aromatic heterocycles. The molecular weight excluding hydrogens is 430 g/mol. The Balaban J connectivity index is 1.61. The number of hydrogen-bond acceptors (Lipinski definition) is 5. The van der Waals surface area contributed by atoms with Crippen LogP contribution in [0.25, 0.3) is 11.3 Å². The van der Waals surface area contributed by atoms with E-state index >= 15 is 0 Å². The van der Waals surface area contributed by atoms with Gasteiger partial charge in [-0.2, -0.15) is 5.10 Å². The van der Waals surface area contributed by atoms with Gasteiger partial charge in [-0.3, -0.25) is 9.59 Å². The molecular formula is C26H29N5O3. The molecule has 0 aliphatic carbocycles. The molecule has 4 N–H and O–H groups in total. The third-order valence-electron chi connectivity index (χ3n) is 6.08. The molecule has 3 aromatic rings. The van der Waals surface area contributed by atoms with Gasteiger partial charge in [-0.25, -0.2) is 4.68 Å². The number of ether oxygens (including phenoxy) is 1. The van der Waals surface area contributed by atoms with Crippen molar-refractivity contribution < 1.29 is 14.3 Å². The average molecular weight is 460 g/mol. The highest BCUT2D eigenvalue weighted by Crippen LogP contribution is 2.33. The number of carbonyl (C=O) groups is 2. The van der Waals surface area contributed by atoms with Crippen LogP contribution in [0.2, 0.25) is 0 Å². The zero-order valence-electron chi connectivity index (χ0n) is 19.0. The fraction of sp³-hybridized carbons (Fsp3) is 0.269. The van der Waals surface area contributed by atoms with Gasteiger partial charge in [0.05, 0.1) is 6.04 Å². The largest absolute Gasteiger partial charge is 0.457 e. The van der Waals surface area contributed by atoms with E-state index in [-0.39, 0.29) is 23.3 Å². The average Bonchev–Trinajstić information content (AvgIpc) is 3.17. The molecule has 1 atom stereocenters. The van der Waals surface area contributed by atoms with Gasteiger partial charge in [-0.15, -0.1) is 0 Å². The predicted molar refractivity (Wildman–Crippen MR) is 131 cm³/mol. The Morgan fingerprint density at radius 2 is 1.71 bits per heavy atom. The van der Waals surface area contributed by atoms with Crippen LogP contribution in [-0.4, -0.2) is 39.6 Å². The number of hydrogen-bond donors (Lipinski definition) is 2. The fourth-order valence-electron chi connectivity index (χ4n) is 4.31. The maximum atomic E-state index is 12.3. The smallest absolute Gasteiger partial charge is 0.254 e. The molecule has 1 aliphatic rings. The Morgan fingerprint density at radius 3 is 2.38 bits per heavy atom. The van der Waals surface area contributed by atoms with Crippen molar-refractivity contribution >= 4 is 17.6 Å². The van der Waals surface area contributed by atoms with E-state index in [2.05, 4.69) is 6.58 Å². The third kappa shape index (κ3) is 4.96. The van der Waals surface area contributed by atoms with E-state index in [9.17, 15) is 9.59 Å². The summed E-state index contributed by atoms with van der Waals surface area (Å²) in [5.41, 5.74) is 13.5. The monoisotopic (exact) mass is 459 g/mol. The molecule has 2 heterocycles. The number of carbonyl (C=O) groups excluding carboxylic acids is 2. The van der Waals surface area contributed by atoms with E-state index in [4.69, 9.17) is 21.3 Å². The lowest BCUT2D eigenvalue weighted by molar-refractivity contribution is -0.126. The zero-order chi connectivity index (χ0) is 24.1. The van der Waals surface area contributed by atoms with Gasteiger partial charge in [0.25, 0.3) is 5.91 Å². The van der Waals surface area contributed by atoms with E-state index in [1.54, 1.807) is 9.58 Å². The molecule has 0 saturated carbocycles. The summed E-state index contributed by atoms with van der Waals surface area (Å²) in [4.78, 5) is 26.2. The second-order valence-corrected chi connectivity index (χ2v) is 8.32. The van der Waals surface area contributed by atoms with Crippen molar-refractivity contribution in [3.05, 3.63) is 72.8 Å². The highest BCUT2D eigenvalue weighted by molar-refractivity contribution is 6.03. The van der Waals surface area contributed by atoms with E-state index in [1.165, 1.54) is 6.08 Å². The first-order valence-electron chi connectivity index (χ1n) is 11.4. The highest BCUT2D eigenvalue weighted by atomic mass is 16.5. The van der Waals surface area contributed by atoms with Crippen molar-refractivity contribution in [1.29, 1.82) is 0 Å². The molecule has 176 valence electrons. The second kappa shape index (κ2) is 10.2. The summed E-state index contributed by atoms with van der Waals surface area (Å²) >= 11 is 0. The van der Waals surface area contributed by atoms with Crippen LogP contribution in [0.1, 0.15) is 42.1 Å². The van der Waals surface area contributed by atoms with Gasteiger partial charge in [0.15, 0.2) is 0 Å². The molecule has 34 heavy (non-hydrogen) atoms. The molecule has 1 fully saturated rings. The molecule has 2 amide bonds. The van der Waals surface area contributed by atoms with Crippen molar-refractivity contribution in [2.75, 3.05) is 18.8 Å². The summed E-state index contributed by atoms with van der Waals surface area (Å²) in [6.07, 6.45) is 4.66. The van der Waals surface area contributed by atoms with Crippen LogP contribution < -0.4 is 16.2 Å². The summed E-state index contributed by atoms with van der Waals surface area (Å²) < 4.78 is 7.55. The normalized spacial score (nSPS) is 16.4. The topological polar surface area (TPSA) is 116 Å². The number of nitrogens with two attached hydrogens (primary N) is 2. The van der Waals surface area contributed by atoms with Crippen LogP contribution in [0.15, 0.2) is 67.3 Å². The minimum atomic E-state index is -0.627. The summed E-state index contributed by atoms with van der Waals surface area (Å²) in [6, 6.07) is 16.7. The molecule has 4 rings (SSSR count). The number of anilines is 1. The van der Waals surface area contributed by atoms with Gasteiger partial charge in [0, 0.05) is 18.7 Å². The van der Waals surface area contributed by atoms with Crippen LogP contribution in [0.3, 0.4) is 0 Å². The van der Waals surface area contributed by atoms with Gasteiger partial charge < -0.3 is 21.1 Å². The van der Waals surface area contributed by atoms with Crippen LogP contribution in [0.5, 0.6) is 11.5 Å². The van der Waals surface area contributed by atoms with Gasteiger partial charge >= 0.3 is 0 Å². The van der Waals surface area contributed by atoms with Crippen LogP contribution >= 0.6 is 0 Å². The lowest BCUT2D eigenvalue weighted by Crippen LogP contribution is -2.34. The fourth-order valence-corrected chi connectivity index (χ4v) is 4.31. The summed E-state index contributed by atoms with van der Waals surface area (Å²) in [5.74, 6) is 0.937. The summed E-state index contributed by atoms with van der Waals surface area (Å²) in [7, 11) is 0.